The van der Waals surface area contributed by atoms with Crippen molar-refractivity contribution in [1.29, 1.82) is 0 Å². The third kappa shape index (κ3) is 2.98. The number of aromatic nitrogens is 1. The van der Waals surface area contributed by atoms with Gasteiger partial charge >= 0.3 is 0 Å². The molecule has 1 aromatic heterocycles. The zero-order chi connectivity index (χ0) is 13.6. The largest absolute Gasteiger partial charge is 0.455 e. The van der Waals surface area contributed by atoms with Gasteiger partial charge in [-0.1, -0.05) is 30.3 Å². The lowest BCUT2D eigenvalue weighted by Crippen LogP contribution is -2.00. The molecule has 20 heavy (non-hydrogen) atoms. The van der Waals surface area contributed by atoms with Crippen LogP contribution in [0.2, 0.25) is 0 Å². The van der Waals surface area contributed by atoms with Gasteiger partial charge in [-0.15, -0.1) is 0 Å². The maximum absolute atomic E-state index is 5.87. The number of nitrogens with one attached hydrogen (secondary N) is 1. The summed E-state index contributed by atoms with van der Waals surface area (Å²) in [6.07, 6.45) is 3.11. The maximum atomic E-state index is 5.87. The molecule has 0 bridgehead atoms. The van der Waals surface area contributed by atoms with E-state index in [0.717, 1.165) is 22.9 Å². The van der Waals surface area contributed by atoms with E-state index >= 15 is 0 Å². The first-order valence-electron chi connectivity index (χ1n) is 6.35. The van der Waals surface area contributed by atoms with Crippen LogP contribution in [0.4, 0.5) is 5.69 Å². The minimum absolute atomic E-state index is 0.565. The van der Waals surface area contributed by atoms with E-state index in [4.69, 9.17) is 9.15 Å². The number of ether oxygens (including phenoxy) is 1. The van der Waals surface area contributed by atoms with Gasteiger partial charge in [0.15, 0.2) is 12.1 Å². The maximum Gasteiger partial charge on any atom is 0.180 e. The third-order valence-electron chi connectivity index (χ3n) is 2.79. The number of rotatable bonds is 5. The first-order valence-corrected chi connectivity index (χ1v) is 6.35. The summed E-state index contributed by atoms with van der Waals surface area (Å²) in [4.78, 5) is 3.89. The number of anilines is 1. The molecule has 0 unspecified atom stereocenters. The van der Waals surface area contributed by atoms with Crippen LogP contribution in [0.5, 0.6) is 11.5 Å². The van der Waals surface area contributed by atoms with Gasteiger partial charge < -0.3 is 14.5 Å². The highest BCUT2D eigenvalue weighted by molar-refractivity contribution is 5.57. The molecular formula is C16H14N2O2. The van der Waals surface area contributed by atoms with E-state index in [1.807, 2.05) is 54.6 Å². The van der Waals surface area contributed by atoms with E-state index < -0.39 is 0 Å². The van der Waals surface area contributed by atoms with Crippen LogP contribution in [-0.2, 0) is 6.54 Å². The zero-order valence-electron chi connectivity index (χ0n) is 10.8. The quantitative estimate of drug-likeness (QED) is 0.756. The molecule has 1 heterocycles. The number of oxazole rings is 1. The standard InChI is InChI=1S/C16H14N2O2/c1-2-6-13(7-3-1)20-16-9-5-4-8-15(16)18-11-14-10-17-12-19-14/h1-10,12,18H,11H2. The lowest BCUT2D eigenvalue weighted by molar-refractivity contribution is 0.483. The predicted octanol–water partition coefficient (Wildman–Crippen LogP) is 4.08. The molecule has 0 atom stereocenters. The van der Waals surface area contributed by atoms with Gasteiger partial charge in [-0.05, 0) is 24.3 Å². The van der Waals surface area contributed by atoms with Crippen molar-refractivity contribution < 1.29 is 9.15 Å². The lowest BCUT2D eigenvalue weighted by Gasteiger charge is -2.12. The topological polar surface area (TPSA) is 47.3 Å². The van der Waals surface area contributed by atoms with Crippen molar-refractivity contribution in [2.24, 2.45) is 0 Å². The van der Waals surface area contributed by atoms with Gasteiger partial charge in [0.2, 0.25) is 0 Å². The average molecular weight is 266 g/mol. The number of nitrogens with zero attached hydrogens (tertiary/aromatic N) is 1. The molecule has 3 aromatic rings. The Morgan fingerprint density at radius 1 is 1.00 bits per heavy atom. The fourth-order valence-corrected chi connectivity index (χ4v) is 1.83. The Balaban J connectivity index is 1.74. The van der Waals surface area contributed by atoms with Gasteiger partial charge in [0.25, 0.3) is 0 Å². The number of hydrogen-bond donors (Lipinski definition) is 1. The predicted molar refractivity (Wildman–Crippen MR) is 76.8 cm³/mol. The van der Waals surface area contributed by atoms with Crippen LogP contribution < -0.4 is 10.1 Å². The van der Waals surface area contributed by atoms with Crippen molar-refractivity contribution in [3.8, 4) is 11.5 Å². The van der Waals surface area contributed by atoms with Crippen molar-refractivity contribution in [3.05, 3.63) is 72.9 Å². The number of benzene rings is 2. The Hall–Kier alpha value is -2.75. The van der Waals surface area contributed by atoms with E-state index in [2.05, 4.69) is 10.3 Å². The molecule has 0 fully saturated rings. The SMILES string of the molecule is c1ccc(Oc2ccccc2NCc2cnco2)cc1. The van der Waals surface area contributed by atoms with Crippen molar-refractivity contribution in [2.45, 2.75) is 6.54 Å². The Labute approximate surface area is 117 Å². The molecule has 4 nitrogen and oxygen atoms in total. The second kappa shape index (κ2) is 5.93. The van der Waals surface area contributed by atoms with Crippen LogP contribution >= 0.6 is 0 Å². The van der Waals surface area contributed by atoms with Crippen LogP contribution in [0, 0.1) is 0 Å². The molecule has 0 aliphatic carbocycles. The second-order valence-electron chi connectivity index (χ2n) is 4.23. The highest BCUT2D eigenvalue weighted by Crippen LogP contribution is 2.29. The molecule has 0 radical (unpaired) electrons. The average Bonchev–Trinajstić information content (AvgIpc) is 3.01. The summed E-state index contributed by atoms with van der Waals surface area (Å²) in [5.74, 6) is 2.36. The molecule has 3 rings (SSSR count). The molecular weight excluding hydrogens is 252 g/mol. The monoisotopic (exact) mass is 266 g/mol. The molecule has 0 amide bonds. The van der Waals surface area contributed by atoms with Gasteiger partial charge in [0, 0.05) is 0 Å². The summed E-state index contributed by atoms with van der Waals surface area (Å²) in [5.41, 5.74) is 0.910. The first-order chi connectivity index (χ1) is 9.92. The van der Waals surface area contributed by atoms with Crippen molar-refractivity contribution >= 4 is 5.69 Å². The molecule has 0 saturated heterocycles. The summed E-state index contributed by atoms with van der Waals surface area (Å²) in [6.45, 7) is 0.565. The number of para-hydroxylation sites is 3. The minimum atomic E-state index is 0.565. The van der Waals surface area contributed by atoms with Gasteiger partial charge in [-0.2, -0.15) is 0 Å². The minimum Gasteiger partial charge on any atom is -0.455 e. The molecule has 2 aromatic carbocycles. The molecule has 0 spiro atoms. The van der Waals surface area contributed by atoms with Crippen molar-refractivity contribution in [1.82, 2.24) is 4.98 Å². The van der Waals surface area contributed by atoms with E-state index in [1.54, 1.807) is 6.20 Å². The highest BCUT2D eigenvalue weighted by atomic mass is 16.5. The van der Waals surface area contributed by atoms with E-state index in [9.17, 15) is 0 Å². The Bertz CT molecular complexity index is 651. The molecule has 0 saturated carbocycles. The summed E-state index contributed by atoms with van der Waals surface area (Å²) >= 11 is 0. The molecule has 0 aliphatic rings. The van der Waals surface area contributed by atoms with Crippen LogP contribution in [0.3, 0.4) is 0 Å². The Morgan fingerprint density at radius 2 is 1.80 bits per heavy atom. The van der Waals surface area contributed by atoms with Crippen LogP contribution in [-0.4, -0.2) is 4.98 Å². The smallest absolute Gasteiger partial charge is 0.180 e. The van der Waals surface area contributed by atoms with E-state index in [-0.39, 0.29) is 0 Å². The second-order valence-corrected chi connectivity index (χ2v) is 4.23. The summed E-state index contributed by atoms with van der Waals surface area (Å²) in [7, 11) is 0. The van der Waals surface area contributed by atoms with E-state index in [0.29, 0.717) is 6.54 Å². The molecule has 4 heteroatoms. The fraction of sp³-hybridized carbons (Fsp3) is 0.0625. The zero-order valence-corrected chi connectivity index (χ0v) is 10.8. The number of hydrogen-bond acceptors (Lipinski definition) is 4. The Kier molecular flexibility index (Phi) is 3.64. The van der Waals surface area contributed by atoms with Crippen LogP contribution in [0.15, 0.2) is 71.6 Å². The lowest BCUT2D eigenvalue weighted by atomic mass is 10.3. The first kappa shape index (κ1) is 12.3. The van der Waals surface area contributed by atoms with Gasteiger partial charge in [0.1, 0.15) is 11.5 Å². The van der Waals surface area contributed by atoms with Crippen LogP contribution in [0.1, 0.15) is 5.76 Å². The van der Waals surface area contributed by atoms with Crippen LogP contribution in [0.25, 0.3) is 0 Å². The van der Waals surface area contributed by atoms with Crippen molar-refractivity contribution in [3.63, 3.8) is 0 Å². The fourth-order valence-electron chi connectivity index (χ4n) is 1.83. The summed E-state index contributed by atoms with van der Waals surface area (Å²) < 4.78 is 11.1. The summed E-state index contributed by atoms with van der Waals surface area (Å²) in [5, 5.41) is 3.28. The molecule has 0 aliphatic heterocycles. The van der Waals surface area contributed by atoms with Gasteiger partial charge in [0.05, 0.1) is 18.4 Å². The highest BCUT2D eigenvalue weighted by Gasteiger charge is 2.05. The van der Waals surface area contributed by atoms with Gasteiger partial charge in [-0.25, -0.2) is 4.98 Å². The normalized spacial score (nSPS) is 10.2. The van der Waals surface area contributed by atoms with Crippen molar-refractivity contribution in [2.75, 3.05) is 5.32 Å². The van der Waals surface area contributed by atoms with E-state index in [1.165, 1.54) is 6.39 Å². The Morgan fingerprint density at radius 3 is 2.60 bits per heavy atom. The summed E-state index contributed by atoms with van der Waals surface area (Å²) in [6, 6.07) is 17.5. The molecule has 1 N–H and O–H groups in total. The van der Waals surface area contributed by atoms with Gasteiger partial charge in [-0.3, -0.25) is 0 Å². The third-order valence-corrected chi connectivity index (χ3v) is 2.79. The molecule has 100 valence electrons.